The number of aryl methyl sites for hydroxylation is 1. The summed E-state index contributed by atoms with van der Waals surface area (Å²) in [6.45, 7) is 7.87. The van der Waals surface area contributed by atoms with Crippen molar-refractivity contribution in [2.75, 3.05) is 0 Å². The van der Waals surface area contributed by atoms with Crippen molar-refractivity contribution in [3.63, 3.8) is 0 Å². The topological polar surface area (TPSA) is 57.2 Å². The quantitative estimate of drug-likeness (QED) is 0.861. The first-order valence-electron chi connectivity index (χ1n) is 7.82. The lowest BCUT2D eigenvalue weighted by atomic mass is 10.1. The van der Waals surface area contributed by atoms with Gasteiger partial charge in [-0.1, -0.05) is 22.0 Å². The average Bonchev–Trinajstić information content (AvgIpc) is 2.90. The number of aliphatic hydroxyl groups excluding tert-OH is 1. The molecule has 2 heterocycles. The van der Waals surface area contributed by atoms with E-state index in [9.17, 15) is 5.11 Å². The SMILES string of the molecule is Cc1cc(Br)ccc1CO[C@@H]1[C@H]2OC(C)(C)O[C@H]2O[C@@H]1[C@@H](C)O. The van der Waals surface area contributed by atoms with Gasteiger partial charge >= 0.3 is 0 Å². The molecule has 0 bridgehead atoms. The monoisotopic (exact) mass is 386 g/mol. The molecule has 0 saturated carbocycles. The summed E-state index contributed by atoms with van der Waals surface area (Å²) >= 11 is 3.46. The number of benzene rings is 1. The third-order valence-electron chi connectivity index (χ3n) is 4.24. The van der Waals surface area contributed by atoms with Crippen molar-refractivity contribution in [3.05, 3.63) is 33.8 Å². The minimum Gasteiger partial charge on any atom is -0.391 e. The zero-order valence-corrected chi connectivity index (χ0v) is 15.4. The van der Waals surface area contributed by atoms with Crippen molar-refractivity contribution < 1.29 is 24.1 Å². The summed E-state index contributed by atoms with van der Waals surface area (Å²) in [4.78, 5) is 0. The van der Waals surface area contributed by atoms with Gasteiger partial charge in [-0.3, -0.25) is 0 Å². The molecule has 1 N–H and O–H groups in total. The van der Waals surface area contributed by atoms with Crippen LogP contribution in [0.5, 0.6) is 0 Å². The zero-order chi connectivity index (χ0) is 16.8. The number of hydrogen-bond donors (Lipinski definition) is 1. The molecule has 2 aliphatic heterocycles. The average molecular weight is 387 g/mol. The van der Waals surface area contributed by atoms with Gasteiger partial charge < -0.3 is 24.1 Å². The van der Waals surface area contributed by atoms with Gasteiger partial charge in [0.05, 0.1) is 12.7 Å². The fourth-order valence-electron chi connectivity index (χ4n) is 3.09. The molecule has 0 unspecified atom stereocenters. The first-order valence-corrected chi connectivity index (χ1v) is 8.62. The van der Waals surface area contributed by atoms with Gasteiger partial charge in [-0.25, -0.2) is 0 Å². The van der Waals surface area contributed by atoms with Crippen LogP contribution in [0.2, 0.25) is 0 Å². The Balaban J connectivity index is 1.73. The largest absolute Gasteiger partial charge is 0.391 e. The van der Waals surface area contributed by atoms with Crippen LogP contribution in [0.15, 0.2) is 22.7 Å². The van der Waals surface area contributed by atoms with Crippen molar-refractivity contribution in [3.8, 4) is 0 Å². The predicted octanol–water partition coefficient (Wildman–Crippen LogP) is 2.90. The van der Waals surface area contributed by atoms with Crippen LogP contribution in [0.3, 0.4) is 0 Å². The van der Waals surface area contributed by atoms with Crippen LogP contribution < -0.4 is 0 Å². The van der Waals surface area contributed by atoms with Crippen LogP contribution in [0, 0.1) is 6.92 Å². The maximum atomic E-state index is 9.97. The molecule has 23 heavy (non-hydrogen) atoms. The van der Waals surface area contributed by atoms with Gasteiger partial charge in [0, 0.05) is 4.47 Å². The normalized spacial score (nSPS) is 33.7. The van der Waals surface area contributed by atoms with Crippen LogP contribution in [-0.2, 0) is 25.6 Å². The summed E-state index contributed by atoms with van der Waals surface area (Å²) in [5.74, 6) is -0.700. The third-order valence-corrected chi connectivity index (χ3v) is 4.73. The van der Waals surface area contributed by atoms with Gasteiger partial charge in [-0.2, -0.15) is 0 Å². The minimum atomic E-state index is -0.700. The van der Waals surface area contributed by atoms with E-state index in [4.69, 9.17) is 18.9 Å². The Labute approximate surface area is 145 Å². The predicted molar refractivity (Wildman–Crippen MR) is 87.8 cm³/mol. The van der Waals surface area contributed by atoms with Crippen molar-refractivity contribution in [2.45, 2.75) is 70.8 Å². The second-order valence-corrected chi connectivity index (χ2v) is 7.57. The molecule has 0 amide bonds. The molecule has 0 aliphatic carbocycles. The second kappa shape index (κ2) is 6.43. The lowest BCUT2D eigenvalue weighted by Crippen LogP contribution is -2.41. The molecule has 0 spiro atoms. The summed E-state index contributed by atoms with van der Waals surface area (Å²) in [7, 11) is 0. The fraction of sp³-hybridized carbons (Fsp3) is 0.647. The highest BCUT2D eigenvalue weighted by Crippen LogP contribution is 2.40. The first kappa shape index (κ1) is 17.3. The smallest absolute Gasteiger partial charge is 0.190 e. The molecule has 128 valence electrons. The number of fused-ring (bicyclic) bond motifs is 1. The molecular formula is C17H23BrO5. The van der Waals surface area contributed by atoms with Crippen molar-refractivity contribution in [2.24, 2.45) is 0 Å². The molecule has 5 nitrogen and oxygen atoms in total. The highest BCUT2D eigenvalue weighted by atomic mass is 79.9. The van der Waals surface area contributed by atoms with Crippen molar-refractivity contribution in [1.29, 1.82) is 0 Å². The molecule has 3 rings (SSSR count). The Kier molecular flexibility index (Phi) is 4.84. The molecular weight excluding hydrogens is 364 g/mol. The lowest BCUT2D eigenvalue weighted by Gasteiger charge is -2.27. The van der Waals surface area contributed by atoms with Gasteiger partial charge in [-0.05, 0) is 51.0 Å². The van der Waals surface area contributed by atoms with E-state index < -0.39 is 24.3 Å². The Morgan fingerprint density at radius 1 is 1.35 bits per heavy atom. The first-order chi connectivity index (χ1) is 10.8. The van der Waals surface area contributed by atoms with Crippen molar-refractivity contribution >= 4 is 15.9 Å². The van der Waals surface area contributed by atoms with E-state index in [0.29, 0.717) is 6.61 Å². The van der Waals surface area contributed by atoms with Crippen LogP contribution in [0.1, 0.15) is 31.9 Å². The minimum absolute atomic E-state index is 0.333. The van der Waals surface area contributed by atoms with Crippen LogP contribution in [0.4, 0.5) is 0 Å². The highest BCUT2D eigenvalue weighted by molar-refractivity contribution is 9.10. The number of rotatable bonds is 4. The number of halogens is 1. The van der Waals surface area contributed by atoms with Gasteiger partial charge in [-0.15, -0.1) is 0 Å². The van der Waals surface area contributed by atoms with Gasteiger partial charge in [0.2, 0.25) is 0 Å². The lowest BCUT2D eigenvalue weighted by molar-refractivity contribution is -0.229. The highest BCUT2D eigenvalue weighted by Gasteiger charge is 2.56. The summed E-state index contributed by atoms with van der Waals surface area (Å²) in [5.41, 5.74) is 2.24. The van der Waals surface area contributed by atoms with E-state index in [2.05, 4.69) is 22.0 Å². The third kappa shape index (κ3) is 3.62. The van der Waals surface area contributed by atoms with Gasteiger partial charge in [0.1, 0.15) is 18.3 Å². The number of aliphatic hydroxyl groups is 1. The second-order valence-electron chi connectivity index (χ2n) is 6.66. The maximum absolute atomic E-state index is 9.97. The summed E-state index contributed by atoms with van der Waals surface area (Å²) in [6.07, 6.45) is -2.32. The van der Waals surface area contributed by atoms with E-state index in [1.165, 1.54) is 0 Å². The molecule has 0 radical (unpaired) electrons. The van der Waals surface area contributed by atoms with E-state index in [1.807, 2.05) is 32.9 Å². The van der Waals surface area contributed by atoms with E-state index in [1.54, 1.807) is 6.92 Å². The molecule has 2 aliphatic rings. The van der Waals surface area contributed by atoms with Crippen LogP contribution in [0.25, 0.3) is 0 Å². The molecule has 2 fully saturated rings. The van der Waals surface area contributed by atoms with E-state index in [0.717, 1.165) is 15.6 Å². The molecule has 1 aromatic rings. The fourth-order valence-corrected chi connectivity index (χ4v) is 3.56. The van der Waals surface area contributed by atoms with E-state index >= 15 is 0 Å². The Morgan fingerprint density at radius 3 is 2.74 bits per heavy atom. The standard InChI is InChI=1S/C17H23BrO5/c1-9-7-12(18)6-5-11(9)8-20-14-13(10(2)19)21-16-15(14)22-17(3,4)23-16/h5-7,10,13-16,19H,8H2,1-4H3/t10-,13-,14+,15-,16-/m1/s1. The van der Waals surface area contributed by atoms with Crippen LogP contribution in [-0.4, -0.2) is 41.6 Å². The Morgan fingerprint density at radius 2 is 2.09 bits per heavy atom. The Bertz CT molecular complexity index is 574. The number of ether oxygens (including phenoxy) is 4. The molecule has 6 heteroatoms. The van der Waals surface area contributed by atoms with Crippen molar-refractivity contribution in [1.82, 2.24) is 0 Å². The zero-order valence-electron chi connectivity index (χ0n) is 13.8. The maximum Gasteiger partial charge on any atom is 0.190 e. The van der Waals surface area contributed by atoms with Gasteiger partial charge in [0.25, 0.3) is 0 Å². The Hall–Kier alpha value is -0.500. The summed E-state index contributed by atoms with van der Waals surface area (Å²) in [5, 5.41) is 9.97. The molecule has 0 aromatic heterocycles. The molecule has 2 saturated heterocycles. The molecule has 1 aromatic carbocycles. The summed E-state index contributed by atoms with van der Waals surface area (Å²) < 4.78 is 24.6. The van der Waals surface area contributed by atoms with Gasteiger partial charge in [0.15, 0.2) is 12.1 Å². The number of hydrogen-bond acceptors (Lipinski definition) is 5. The van der Waals surface area contributed by atoms with E-state index in [-0.39, 0.29) is 12.2 Å². The summed E-state index contributed by atoms with van der Waals surface area (Å²) in [6, 6.07) is 6.07. The van der Waals surface area contributed by atoms with Crippen LogP contribution >= 0.6 is 15.9 Å². The molecule has 5 atom stereocenters.